The van der Waals surface area contributed by atoms with Crippen LogP contribution in [0.4, 0.5) is 4.39 Å². The van der Waals surface area contributed by atoms with E-state index in [-0.39, 0.29) is 23.2 Å². The van der Waals surface area contributed by atoms with Gasteiger partial charge in [0.2, 0.25) is 5.91 Å². The average Bonchev–Trinajstić information content (AvgIpc) is 3.34. The molecule has 1 aliphatic heterocycles. The van der Waals surface area contributed by atoms with Gasteiger partial charge in [-0.3, -0.25) is 4.79 Å². The van der Waals surface area contributed by atoms with Crippen molar-refractivity contribution in [2.24, 2.45) is 0 Å². The Morgan fingerprint density at radius 3 is 2.57 bits per heavy atom. The first-order valence-corrected chi connectivity index (χ1v) is 10.7. The highest BCUT2D eigenvalue weighted by Crippen LogP contribution is 2.43. The lowest BCUT2D eigenvalue weighted by molar-refractivity contribution is -0.128. The van der Waals surface area contributed by atoms with Crippen molar-refractivity contribution in [3.63, 3.8) is 0 Å². The first kappa shape index (κ1) is 19.1. The van der Waals surface area contributed by atoms with Gasteiger partial charge in [-0.1, -0.05) is 18.2 Å². The lowest BCUT2D eigenvalue weighted by Crippen LogP contribution is -2.27. The molecule has 0 aromatic heterocycles. The first-order chi connectivity index (χ1) is 13.6. The summed E-state index contributed by atoms with van der Waals surface area (Å²) >= 11 is 1.60. The Bertz CT molecular complexity index is 836. The van der Waals surface area contributed by atoms with Crippen LogP contribution in [-0.2, 0) is 11.3 Å². The molecule has 1 unspecified atom stereocenters. The zero-order valence-corrected chi connectivity index (χ0v) is 16.7. The number of hydrogen-bond acceptors (Lipinski definition) is 4. The molecule has 1 saturated heterocycles. The molecule has 0 spiro atoms. The molecule has 2 aromatic carbocycles. The third-order valence-electron chi connectivity index (χ3n) is 5.30. The summed E-state index contributed by atoms with van der Waals surface area (Å²) in [6.07, 6.45) is 4.77. The second-order valence-corrected chi connectivity index (χ2v) is 8.31. The minimum atomic E-state index is -0.272. The normalized spacial score (nSPS) is 20.0. The number of carbonyl (C=O) groups excluding carboxylic acids is 1. The summed E-state index contributed by atoms with van der Waals surface area (Å²) in [5.74, 6) is 1.72. The van der Waals surface area contributed by atoms with Crippen molar-refractivity contribution in [2.45, 2.75) is 43.7 Å². The monoisotopic (exact) mass is 401 g/mol. The van der Waals surface area contributed by atoms with Gasteiger partial charge in [-0.05, 0) is 61.1 Å². The highest BCUT2D eigenvalue weighted by Gasteiger charge is 2.33. The maximum Gasteiger partial charge on any atom is 0.234 e. The van der Waals surface area contributed by atoms with Crippen LogP contribution in [0.5, 0.6) is 11.5 Å². The minimum absolute atomic E-state index is 0.0885. The second kappa shape index (κ2) is 8.43. The molecule has 0 bridgehead atoms. The Kier molecular flexibility index (Phi) is 5.76. The fourth-order valence-electron chi connectivity index (χ4n) is 3.81. The van der Waals surface area contributed by atoms with Crippen LogP contribution in [0.25, 0.3) is 0 Å². The molecule has 1 aliphatic carbocycles. The van der Waals surface area contributed by atoms with Crippen molar-refractivity contribution in [1.82, 2.24) is 4.90 Å². The van der Waals surface area contributed by atoms with Crippen LogP contribution in [0.1, 0.15) is 42.2 Å². The lowest BCUT2D eigenvalue weighted by Gasteiger charge is -2.25. The Morgan fingerprint density at radius 2 is 1.86 bits per heavy atom. The number of thioether (sulfide) groups is 1. The average molecular weight is 402 g/mol. The number of nitrogens with zero attached hydrogens (tertiary/aromatic N) is 1. The van der Waals surface area contributed by atoms with Gasteiger partial charge in [0.25, 0.3) is 0 Å². The summed E-state index contributed by atoms with van der Waals surface area (Å²) < 4.78 is 24.9. The molecule has 2 aliphatic rings. The summed E-state index contributed by atoms with van der Waals surface area (Å²) in [5.41, 5.74) is 1.94. The Morgan fingerprint density at radius 1 is 1.11 bits per heavy atom. The molecule has 2 fully saturated rings. The molecule has 0 radical (unpaired) electrons. The number of halogens is 1. The maximum atomic E-state index is 13.2. The van der Waals surface area contributed by atoms with Crippen molar-refractivity contribution in [2.75, 3.05) is 12.9 Å². The molecule has 0 N–H and O–H groups in total. The summed E-state index contributed by atoms with van der Waals surface area (Å²) in [6, 6.07) is 12.2. The van der Waals surface area contributed by atoms with Crippen molar-refractivity contribution in [1.29, 1.82) is 0 Å². The van der Waals surface area contributed by atoms with Gasteiger partial charge in [0.1, 0.15) is 11.2 Å². The highest BCUT2D eigenvalue weighted by atomic mass is 32.2. The number of benzene rings is 2. The van der Waals surface area contributed by atoms with Crippen molar-refractivity contribution < 1.29 is 18.7 Å². The number of carbonyl (C=O) groups is 1. The Balaban J connectivity index is 1.57. The summed E-state index contributed by atoms with van der Waals surface area (Å²) in [6.45, 7) is 0.460. The smallest absolute Gasteiger partial charge is 0.234 e. The van der Waals surface area contributed by atoms with Crippen LogP contribution >= 0.6 is 11.8 Å². The minimum Gasteiger partial charge on any atom is -0.493 e. The number of methoxy groups -OCH3 is 1. The van der Waals surface area contributed by atoms with Gasteiger partial charge in [0.15, 0.2) is 11.5 Å². The predicted molar refractivity (Wildman–Crippen MR) is 108 cm³/mol. The van der Waals surface area contributed by atoms with Crippen LogP contribution in [0, 0.1) is 5.82 Å². The molecule has 6 heteroatoms. The van der Waals surface area contributed by atoms with E-state index in [0.29, 0.717) is 12.3 Å². The number of ether oxygens (including phenoxy) is 2. The first-order valence-electron chi connectivity index (χ1n) is 9.64. The zero-order chi connectivity index (χ0) is 19.5. The molecular weight excluding hydrogens is 377 g/mol. The van der Waals surface area contributed by atoms with Crippen molar-refractivity contribution in [3.8, 4) is 11.5 Å². The number of rotatable bonds is 6. The van der Waals surface area contributed by atoms with E-state index < -0.39 is 0 Å². The van der Waals surface area contributed by atoms with Crippen LogP contribution in [0.2, 0.25) is 0 Å². The third kappa shape index (κ3) is 4.12. The van der Waals surface area contributed by atoms with Crippen molar-refractivity contribution >= 4 is 17.7 Å². The SMILES string of the molecule is COc1ccc(C2SCC(=O)N2Cc2ccc(F)cc2)cc1OC1CCCC1. The largest absolute Gasteiger partial charge is 0.493 e. The van der Waals surface area contributed by atoms with Gasteiger partial charge >= 0.3 is 0 Å². The summed E-state index contributed by atoms with van der Waals surface area (Å²) in [7, 11) is 1.64. The van der Waals surface area contributed by atoms with Gasteiger partial charge in [-0.25, -0.2) is 4.39 Å². The van der Waals surface area contributed by atoms with Gasteiger partial charge in [-0.15, -0.1) is 11.8 Å². The molecule has 4 rings (SSSR count). The fraction of sp³-hybridized carbons (Fsp3) is 0.409. The van der Waals surface area contributed by atoms with E-state index in [0.717, 1.165) is 35.5 Å². The van der Waals surface area contributed by atoms with Gasteiger partial charge < -0.3 is 14.4 Å². The zero-order valence-electron chi connectivity index (χ0n) is 15.9. The maximum absolute atomic E-state index is 13.2. The third-order valence-corrected chi connectivity index (χ3v) is 6.56. The molecule has 1 atom stereocenters. The van der Waals surface area contributed by atoms with Crippen molar-refractivity contribution in [3.05, 3.63) is 59.4 Å². The molecule has 4 nitrogen and oxygen atoms in total. The summed E-state index contributed by atoms with van der Waals surface area (Å²) in [4.78, 5) is 14.3. The number of hydrogen-bond donors (Lipinski definition) is 0. The fourth-order valence-corrected chi connectivity index (χ4v) is 4.99. The van der Waals surface area contributed by atoms with E-state index in [1.807, 2.05) is 23.1 Å². The van der Waals surface area contributed by atoms with E-state index in [4.69, 9.17) is 9.47 Å². The number of amides is 1. The Labute approximate surface area is 169 Å². The molecule has 1 saturated carbocycles. The summed E-state index contributed by atoms with van der Waals surface area (Å²) in [5, 5.41) is -0.0885. The van der Waals surface area contributed by atoms with Crippen LogP contribution in [0.15, 0.2) is 42.5 Å². The van der Waals surface area contributed by atoms with Crippen LogP contribution in [-0.4, -0.2) is 29.8 Å². The molecule has 28 heavy (non-hydrogen) atoms. The van der Waals surface area contributed by atoms with Gasteiger partial charge in [0, 0.05) is 6.54 Å². The van der Waals surface area contributed by atoms with E-state index in [9.17, 15) is 9.18 Å². The van der Waals surface area contributed by atoms with Gasteiger partial charge in [-0.2, -0.15) is 0 Å². The molecule has 1 amide bonds. The van der Waals surface area contributed by atoms with Crippen LogP contribution in [0.3, 0.4) is 0 Å². The quantitative estimate of drug-likeness (QED) is 0.688. The van der Waals surface area contributed by atoms with E-state index >= 15 is 0 Å². The highest BCUT2D eigenvalue weighted by molar-refractivity contribution is 8.00. The van der Waals surface area contributed by atoms with E-state index in [1.54, 1.807) is 31.0 Å². The Hall–Kier alpha value is -2.21. The lowest BCUT2D eigenvalue weighted by atomic mass is 10.1. The topological polar surface area (TPSA) is 38.8 Å². The molecule has 1 heterocycles. The van der Waals surface area contributed by atoms with Crippen LogP contribution < -0.4 is 9.47 Å². The molecule has 148 valence electrons. The van der Waals surface area contributed by atoms with E-state index in [2.05, 4.69) is 0 Å². The van der Waals surface area contributed by atoms with E-state index in [1.165, 1.54) is 25.0 Å². The molecular formula is C22H24FNO3S. The predicted octanol–water partition coefficient (Wildman–Crippen LogP) is 4.93. The standard InChI is InChI=1S/C22H24FNO3S/c1-26-19-11-8-16(12-20(19)27-18-4-2-3-5-18)22-24(21(25)14-28-22)13-15-6-9-17(23)10-7-15/h6-12,18,22H,2-5,13-14H2,1H3. The second-order valence-electron chi connectivity index (χ2n) is 7.25. The van der Waals surface area contributed by atoms with Gasteiger partial charge in [0.05, 0.1) is 19.0 Å². The molecule has 2 aromatic rings.